The van der Waals surface area contributed by atoms with Crippen LogP contribution in [0.4, 0.5) is 23.8 Å². The molecule has 2 aromatic carbocycles. The first-order valence-electron chi connectivity index (χ1n) is 22.1. The van der Waals surface area contributed by atoms with E-state index in [2.05, 4.69) is 53.2 Å². The first-order valence-corrected chi connectivity index (χ1v) is 23.0. The number of oxime groups is 1. The van der Waals surface area contributed by atoms with E-state index in [0.29, 0.717) is 60.4 Å². The minimum Gasteiger partial charge on any atom is -0.444 e. The average molecular weight is 955 g/mol. The number of amides is 3. The number of fused-ring (bicyclic) bond motifs is 1. The molecule has 1 fully saturated rings. The molecule has 2 aliphatic rings. The van der Waals surface area contributed by atoms with Crippen LogP contribution in [0.15, 0.2) is 89.4 Å². The van der Waals surface area contributed by atoms with Crippen molar-refractivity contribution < 1.29 is 37.1 Å². The van der Waals surface area contributed by atoms with Gasteiger partial charge in [0, 0.05) is 49.7 Å². The number of thiazole rings is 1. The molecule has 68 heavy (non-hydrogen) atoms. The average Bonchev–Trinajstić information content (AvgIpc) is 4.07. The molecule has 8 rings (SSSR count). The molecule has 6 aromatic rings. The number of aromatic nitrogens is 8. The van der Waals surface area contributed by atoms with Crippen LogP contribution in [0.3, 0.4) is 0 Å². The van der Waals surface area contributed by atoms with Gasteiger partial charge in [-0.2, -0.15) is 18.3 Å². The van der Waals surface area contributed by atoms with Gasteiger partial charge >= 0.3 is 12.3 Å². The lowest BCUT2D eigenvalue weighted by Gasteiger charge is -2.33. The number of halogens is 3. The van der Waals surface area contributed by atoms with Crippen molar-refractivity contribution in [2.45, 2.75) is 96.7 Å². The minimum absolute atomic E-state index is 0.0393. The Kier molecular flexibility index (Phi) is 15.3. The summed E-state index contributed by atoms with van der Waals surface area (Å²) >= 11 is 1.47. The van der Waals surface area contributed by atoms with Crippen LogP contribution in [-0.2, 0) is 47.2 Å². The summed E-state index contributed by atoms with van der Waals surface area (Å²) in [6, 6.07) is 23.9. The summed E-state index contributed by atoms with van der Waals surface area (Å²) in [5, 5.41) is 24.6. The number of hydrogen-bond donors (Lipinski definition) is 1. The standard InChI is InChI=1S/C27H30F3N5O2S.C20H23N7O3/c1-17-14-23(27(28,29)30)32-35(17)15-24(36)34-12-10-19(11-13-34)25-31-21(16-38-25)26(37)33(2)22-9-5-7-18-6-3-4-8-20(18)22;1-20(2,3)30-19(28)22-16-12-8-11-15(21-16)13-29-24-17(14-9-6-5-7-10-14)18-23-25-26-27(18)4/h3-4,6,8,14,16,19,22H,5,7,9-13,15H2,1-2H3;5-12H,13H2,1-4H3,(H,21,22,28)/b;24-17-. The van der Waals surface area contributed by atoms with Crippen LogP contribution in [0.25, 0.3) is 0 Å². The van der Waals surface area contributed by atoms with E-state index in [1.54, 1.807) is 55.8 Å². The second-order valence-electron chi connectivity index (χ2n) is 17.4. The highest BCUT2D eigenvalue weighted by molar-refractivity contribution is 7.09. The van der Waals surface area contributed by atoms with Gasteiger partial charge in [-0.15, -0.1) is 16.4 Å². The van der Waals surface area contributed by atoms with E-state index in [0.717, 1.165) is 40.6 Å². The molecule has 1 aliphatic carbocycles. The number of anilines is 1. The molecule has 17 nitrogen and oxygen atoms in total. The Hall–Kier alpha value is -7.03. The lowest BCUT2D eigenvalue weighted by Crippen LogP contribution is -2.40. The second kappa shape index (κ2) is 21.3. The first-order chi connectivity index (χ1) is 32.4. The molecular weight excluding hydrogens is 902 g/mol. The van der Waals surface area contributed by atoms with E-state index in [1.165, 1.54) is 34.1 Å². The summed E-state index contributed by atoms with van der Waals surface area (Å²) in [6.45, 7) is 7.71. The number of hydrogen-bond acceptors (Lipinski definition) is 13. The van der Waals surface area contributed by atoms with Crippen LogP contribution < -0.4 is 5.32 Å². The quantitative estimate of drug-likeness (QED) is 0.0976. The molecule has 1 saturated heterocycles. The topological polar surface area (TPSA) is 188 Å². The number of likely N-dealkylation sites (tertiary alicyclic amines) is 1. The van der Waals surface area contributed by atoms with Crippen LogP contribution in [0.1, 0.15) is 114 Å². The Morgan fingerprint density at radius 1 is 0.956 bits per heavy atom. The lowest BCUT2D eigenvalue weighted by molar-refractivity contribution is -0.142. The number of ether oxygens (including phenoxy) is 1. The highest BCUT2D eigenvalue weighted by Gasteiger charge is 2.35. The Morgan fingerprint density at radius 2 is 1.69 bits per heavy atom. The number of benzene rings is 2. The third kappa shape index (κ3) is 12.5. The molecule has 0 saturated carbocycles. The summed E-state index contributed by atoms with van der Waals surface area (Å²) < 4.78 is 46.6. The maximum absolute atomic E-state index is 13.3. The summed E-state index contributed by atoms with van der Waals surface area (Å²) in [7, 11) is 3.57. The molecule has 5 heterocycles. The minimum atomic E-state index is -4.54. The van der Waals surface area contributed by atoms with E-state index in [-0.39, 0.29) is 36.9 Å². The Balaban J connectivity index is 0.000000207. The van der Waals surface area contributed by atoms with Crippen molar-refractivity contribution in [3.63, 3.8) is 0 Å². The van der Waals surface area contributed by atoms with Gasteiger partial charge in [0.2, 0.25) is 11.7 Å². The number of piperidine rings is 1. The van der Waals surface area contributed by atoms with E-state index < -0.39 is 23.6 Å². The van der Waals surface area contributed by atoms with Gasteiger partial charge in [-0.3, -0.25) is 19.6 Å². The predicted molar refractivity (Wildman–Crippen MR) is 247 cm³/mol. The number of alkyl halides is 3. The van der Waals surface area contributed by atoms with Crippen LogP contribution in [-0.4, -0.2) is 99.1 Å². The number of nitrogens with one attached hydrogen (secondary N) is 1. The SMILES string of the molecule is Cc1cc(C(F)(F)F)nn1CC(=O)N1CCC(c2nc(C(=O)N(C)C3CCCc4ccccc43)cs2)CC1.Cn1nnnc1/C(=N\OCc1cccc(NC(=O)OC(C)(C)C)n1)c1ccccc1. The highest BCUT2D eigenvalue weighted by Crippen LogP contribution is 2.36. The van der Waals surface area contributed by atoms with E-state index in [4.69, 9.17) is 9.57 Å². The van der Waals surface area contributed by atoms with Crippen LogP contribution in [0.5, 0.6) is 0 Å². The number of rotatable bonds is 11. The Bertz CT molecular complexity index is 2720. The van der Waals surface area contributed by atoms with Crippen molar-refractivity contribution in [3.05, 3.63) is 135 Å². The van der Waals surface area contributed by atoms with E-state index in [1.807, 2.05) is 54.9 Å². The van der Waals surface area contributed by atoms with Gasteiger partial charge < -0.3 is 19.4 Å². The maximum Gasteiger partial charge on any atom is 0.435 e. The van der Waals surface area contributed by atoms with Gasteiger partial charge in [-0.1, -0.05) is 65.8 Å². The molecule has 0 bridgehead atoms. The fourth-order valence-electron chi connectivity index (χ4n) is 7.89. The van der Waals surface area contributed by atoms with Gasteiger partial charge in [0.05, 0.1) is 16.7 Å². The molecule has 0 radical (unpaired) electrons. The van der Waals surface area contributed by atoms with Crippen molar-refractivity contribution in [2.24, 2.45) is 12.2 Å². The number of tetrazole rings is 1. The third-order valence-electron chi connectivity index (χ3n) is 11.3. The van der Waals surface area contributed by atoms with Gasteiger partial charge in [0.15, 0.2) is 18.0 Å². The van der Waals surface area contributed by atoms with Gasteiger partial charge in [-0.25, -0.2) is 19.4 Å². The van der Waals surface area contributed by atoms with Crippen LogP contribution in [0.2, 0.25) is 0 Å². The van der Waals surface area contributed by atoms with E-state index in [9.17, 15) is 27.6 Å². The molecule has 4 aromatic heterocycles. The van der Waals surface area contributed by atoms with Gasteiger partial charge in [0.25, 0.3) is 5.91 Å². The molecule has 21 heteroatoms. The van der Waals surface area contributed by atoms with Crippen LogP contribution in [0, 0.1) is 6.92 Å². The summed E-state index contributed by atoms with van der Waals surface area (Å²) in [5.74, 6) is 0.613. The van der Waals surface area contributed by atoms with Gasteiger partial charge in [0.1, 0.15) is 23.7 Å². The fourth-order valence-corrected chi connectivity index (χ4v) is 8.85. The molecule has 358 valence electrons. The molecule has 1 atom stereocenters. The number of nitrogens with zero attached hydrogens (tertiary/aromatic N) is 11. The monoisotopic (exact) mass is 954 g/mol. The zero-order valence-corrected chi connectivity index (χ0v) is 39.4. The smallest absolute Gasteiger partial charge is 0.435 e. The first kappa shape index (κ1) is 48.9. The number of carbonyl (C=O) groups is 3. The summed E-state index contributed by atoms with van der Waals surface area (Å²) in [5.41, 5.74) is 3.54. The summed E-state index contributed by atoms with van der Waals surface area (Å²) in [6.07, 6.45) is -0.739. The molecule has 1 unspecified atom stereocenters. The van der Waals surface area contributed by atoms with Crippen molar-refractivity contribution >= 4 is 40.8 Å². The zero-order chi connectivity index (χ0) is 48.6. The number of pyridine rings is 1. The Labute approximate surface area is 395 Å². The van der Waals surface area contributed by atoms with Crippen molar-refractivity contribution in [1.29, 1.82) is 0 Å². The van der Waals surface area contributed by atoms with Crippen LogP contribution >= 0.6 is 11.3 Å². The molecule has 1 aliphatic heterocycles. The van der Waals surface area contributed by atoms with Crippen molar-refractivity contribution in [3.8, 4) is 0 Å². The predicted octanol–water partition coefficient (Wildman–Crippen LogP) is 8.14. The fraction of sp³-hybridized carbons (Fsp3) is 0.404. The second-order valence-corrected chi connectivity index (χ2v) is 18.3. The number of aryl methyl sites for hydroxylation is 3. The number of carbonyl (C=O) groups excluding carboxylic acids is 3. The van der Waals surface area contributed by atoms with Crippen molar-refractivity contribution in [1.82, 2.24) is 49.8 Å². The van der Waals surface area contributed by atoms with Gasteiger partial charge in [-0.05, 0) is 99.6 Å². The highest BCUT2D eigenvalue weighted by atomic mass is 32.1. The maximum atomic E-state index is 13.3. The normalized spacial score (nSPS) is 15.5. The zero-order valence-electron chi connectivity index (χ0n) is 38.6. The molecule has 0 spiro atoms. The largest absolute Gasteiger partial charge is 0.444 e. The third-order valence-corrected chi connectivity index (χ3v) is 12.3. The van der Waals surface area contributed by atoms with E-state index >= 15 is 0 Å². The Morgan fingerprint density at radius 3 is 2.38 bits per heavy atom. The lowest BCUT2D eigenvalue weighted by atomic mass is 9.87. The molecular formula is C47H53F3N12O5S. The molecule has 3 amide bonds. The summed E-state index contributed by atoms with van der Waals surface area (Å²) in [4.78, 5) is 56.0. The van der Waals surface area contributed by atoms with Crippen molar-refractivity contribution in [2.75, 3.05) is 25.5 Å². The molecule has 1 N–H and O–H groups in total.